The van der Waals surface area contributed by atoms with Crippen LogP contribution in [0.25, 0.3) is 0 Å². The van der Waals surface area contributed by atoms with Crippen LogP contribution in [-0.2, 0) is 4.79 Å². The maximum absolute atomic E-state index is 11.8. The highest BCUT2D eigenvalue weighted by molar-refractivity contribution is 6.20. The number of hydrogen-bond donors (Lipinski definition) is 2. The van der Waals surface area contributed by atoms with Crippen LogP contribution in [0, 0.1) is 20.2 Å². The number of hydrogen-bond acceptors (Lipinski definition) is 8. The predicted molar refractivity (Wildman–Crippen MR) is 67.5 cm³/mol. The van der Waals surface area contributed by atoms with Gasteiger partial charge in [0.15, 0.2) is 0 Å². The molecule has 0 saturated heterocycles. The molecule has 0 aliphatic carbocycles. The Morgan fingerprint density at radius 2 is 1.86 bits per heavy atom. The van der Waals surface area contributed by atoms with Gasteiger partial charge in [-0.2, -0.15) is 10.1 Å². The van der Waals surface area contributed by atoms with Crippen LogP contribution in [0.5, 0.6) is 0 Å². The summed E-state index contributed by atoms with van der Waals surface area (Å²) in [5.74, 6) is -4.17. The Balaban J connectivity index is 2.58. The number of carbonyl (C=O) groups excluding carboxylic acids is 1. The van der Waals surface area contributed by atoms with Crippen molar-refractivity contribution < 1.29 is 24.9 Å². The summed E-state index contributed by atoms with van der Waals surface area (Å²) in [6.45, 7) is 1.15. The highest BCUT2D eigenvalue weighted by Gasteiger charge is 2.48. The molecule has 1 heterocycles. The summed E-state index contributed by atoms with van der Waals surface area (Å²) < 4.78 is 0. The number of benzene rings is 1. The Kier molecular flexibility index (Phi) is 3.15. The van der Waals surface area contributed by atoms with E-state index < -0.39 is 38.6 Å². The number of anilines is 1. The third-order valence-electron chi connectivity index (χ3n) is 2.84. The van der Waals surface area contributed by atoms with E-state index in [9.17, 15) is 35.2 Å². The van der Waals surface area contributed by atoms with Crippen LogP contribution in [0.3, 0.4) is 0 Å². The molecule has 0 fully saturated rings. The summed E-state index contributed by atoms with van der Waals surface area (Å²) in [4.78, 5) is 31.6. The number of hydrazone groups is 1. The molecule has 2 N–H and O–H groups in total. The van der Waals surface area contributed by atoms with Crippen molar-refractivity contribution in [2.24, 2.45) is 5.10 Å². The van der Waals surface area contributed by atoms with Crippen molar-refractivity contribution >= 4 is 28.7 Å². The lowest BCUT2D eigenvalue weighted by atomic mass is 10.1. The van der Waals surface area contributed by atoms with Crippen molar-refractivity contribution in [3.63, 3.8) is 0 Å². The zero-order valence-corrected chi connectivity index (χ0v) is 10.5. The monoisotopic (exact) mass is 296 g/mol. The molecule has 1 aliphatic heterocycles. The molecule has 0 radical (unpaired) electrons. The van der Waals surface area contributed by atoms with Crippen LogP contribution in [0.2, 0.25) is 0 Å². The fourth-order valence-electron chi connectivity index (χ4n) is 1.68. The van der Waals surface area contributed by atoms with Gasteiger partial charge in [0.05, 0.1) is 15.9 Å². The van der Waals surface area contributed by atoms with Gasteiger partial charge in [-0.05, 0) is 13.0 Å². The molecule has 1 aromatic rings. The van der Waals surface area contributed by atoms with E-state index in [4.69, 9.17) is 0 Å². The van der Waals surface area contributed by atoms with E-state index in [1.165, 1.54) is 0 Å². The van der Waals surface area contributed by atoms with Gasteiger partial charge in [0.2, 0.25) is 0 Å². The van der Waals surface area contributed by atoms with Gasteiger partial charge in [-0.15, -0.1) is 0 Å². The molecule has 2 rings (SSSR count). The Morgan fingerprint density at radius 1 is 1.24 bits per heavy atom. The highest BCUT2D eigenvalue weighted by Crippen LogP contribution is 2.35. The third kappa shape index (κ3) is 2.19. The molecule has 0 aromatic heterocycles. The van der Waals surface area contributed by atoms with E-state index in [1.807, 2.05) is 0 Å². The number of carbonyl (C=O) groups is 1. The van der Waals surface area contributed by atoms with Crippen molar-refractivity contribution in [3.8, 4) is 0 Å². The molecule has 0 atom stereocenters. The van der Waals surface area contributed by atoms with Crippen molar-refractivity contribution in [2.75, 3.05) is 5.01 Å². The van der Waals surface area contributed by atoms with E-state index in [0.717, 1.165) is 19.1 Å². The summed E-state index contributed by atoms with van der Waals surface area (Å²) in [6, 6.07) is 2.53. The standard InChI is InChI=1S/C10H8N4O7/c1-5-10(16,17)9(15)12(11-5)7-3-2-6(13(18)19)4-8(7)14(20)21/h2-4,16-17H,1H3. The second-order valence-corrected chi connectivity index (χ2v) is 4.16. The molecule has 0 bridgehead atoms. The summed E-state index contributed by atoms with van der Waals surface area (Å²) in [6.07, 6.45) is 0. The van der Waals surface area contributed by atoms with Gasteiger partial charge < -0.3 is 10.2 Å². The lowest BCUT2D eigenvalue weighted by molar-refractivity contribution is -0.393. The van der Waals surface area contributed by atoms with Crippen molar-refractivity contribution in [2.45, 2.75) is 12.7 Å². The second-order valence-electron chi connectivity index (χ2n) is 4.16. The molecule has 11 heteroatoms. The Bertz CT molecular complexity index is 697. The molecule has 1 aromatic carbocycles. The minimum atomic E-state index is -2.87. The van der Waals surface area contributed by atoms with Crippen LogP contribution in [0.4, 0.5) is 17.1 Å². The Morgan fingerprint density at radius 3 is 2.29 bits per heavy atom. The maximum Gasteiger partial charge on any atom is 0.314 e. The van der Waals surface area contributed by atoms with Crippen molar-refractivity contribution in [1.82, 2.24) is 0 Å². The molecule has 11 nitrogen and oxygen atoms in total. The predicted octanol–water partition coefficient (Wildman–Crippen LogP) is -0.0936. The first kappa shape index (κ1) is 14.5. The average molecular weight is 296 g/mol. The van der Waals surface area contributed by atoms with E-state index in [1.54, 1.807) is 0 Å². The van der Waals surface area contributed by atoms with E-state index in [2.05, 4.69) is 5.10 Å². The average Bonchev–Trinajstić information content (AvgIpc) is 2.61. The third-order valence-corrected chi connectivity index (χ3v) is 2.84. The van der Waals surface area contributed by atoms with Crippen LogP contribution in [0.1, 0.15) is 6.92 Å². The number of non-ortho nitro benzene ring substituents is 1. The molecule has 110 valence electrons. The van der Waals surface area contributed by atoms with Gasteiger partial charge >= 0.3 is 11.6 Å². The topological polar surface area (TPSA) is 159 Å². The zero-order valence-electron chi connectivity index (χ0n) is 10.5. The lowest BCUT2D eigenvalue weighted by Gasteiger charge is -2.16. The summed E-state index contributed by atoms with van der Waals surface area (Å²) >= 11 is 0. The summed E-state index contributed by atoms with van der Waals surface area (Å²) in [5, 5.41) is 44.5. The molecule has 0 unspecified atom stereocenters. The quantitative estimate of drug-likeness (QED) is 0.447. The van der Waals surface area contributed by atoms with Crippen LogP contribution < -0.4 is 5.01 Å². The van der Waals surface area contributed by atoms with Crippen LogP contribution in [-0.4, -0.2) is 37.5 Å². The van der Waals surface area contributed by atoms with Gasteiger partial charge in [0, 0.05) is 6.07 Å². The lowest BCUT2D eigenvalue weighted by Crippen LogP contribution is -2.45. The molecule has 1 aliphatic rings. The van der Waals surface area contributed by atoms with Gasteiger partial charge in [0.1, 0.15) is 11.4 Å². The van der Waals surface area contributed by atoms with Gasteiger partial charge in [-0.3, -0.25) is 25.0 Å². The smallest absolute Gasteiger partial charge is 0.314 e. The number of aliphatic hydroxyl groups is 2. The van der Waals surface area contributed by atoms with Crippen LogP contribution >= 0.6 is 0 Å². The maximum atomic E-state index is 11.8. The first-order chi connectivity index (χ1) is 9.66. The Hall–Kier alpha value is -2.92. The first-order valence-electron chi connectivity index (χ1n) is 5.44. The molecular formula is C10H8N4O7. The van der Waals surface area contributed by atoms with E-state index in [0.29, 0.717) is 11.1 Å². The normalized spacial score (nSPS) is 16.8. The Labute approximate surface area is 116 Å². The second kappa shape index (κ2) is 4.57. The van der Waals surface area contributed by atoms with Crippen LogP contribution in [0.15, 0.2) is 23.3 Å². The van der Waals surface area contributed by atoms with Crippen molar-refractivity contribution in [1.29, 1.82) is 0 Å². The number of nitro benzene ring substituents is 2. The minimum Gasteiger partial charge on any atom is -0.354 e. The summed E-state index contributed by atoms with van der Waals surface area (Å²) in [5.41, 5.74) is -2.08. The highest BCUT2D eigenvalue weighted by atomic mass is 16.6. The fraction of sp³-hybridized carbons (Fsp3) is 0.200. The molecule has 0 saturated carbocycles. The number of amides is 1. The SMILES string of the molecule is CC1=NN(c2ccc([N+](=O)[O-])cc2[N+](=O)[O-])C(=O)C1(O)O. The number of nitro groups is 2. The molecular weight excluding hydrogens is 288 g/mol. The largest absolute Gasteiger partial charge is 0.354 e. The number of nitrogens with zero attached hydrogens (tertiary/aromatic N) is 4. The molecule has 21 heavy (non-hydrogen) atoms. The van der Waals surface area contributed by atoms with E-state index >= 15 is 0 Å². The summed E-state index contributed by atoms with van der Waals surface area (Å²) in [7, 11) is 0. The van der Waals surface area contributed by atoms with Gasteiger partial charge in [0.25, 0.3) is 11.5 Å². The minimum absolute atomic E-state index is 0.375. The molecule has 0 spiro atoms. The fourth-order valence-corrected chi connectivity index (χ4v) is 1.68. The molecule has 1 amide bonds. The number of rotatable bonds is 3. The zero-order chi connectivity index (χ0) is 15.9. The first-order valence-corrected chi connectivity index (χ1v) is 5.44. The van der Waals surface area contributed by atoms with E-state index in [-0.39, 0.29) is 5.71 Å². The van der Waals surface area contributed by atoms with Gasteiger partial charge in [-0.1, -0.05) is 0 Å². The van der Waals surface area contributed by atoms with Gasteiger partial charge in [-0.25, -0.2) is 0 Å². The van der Waals surface area contributed by atoms with Crippen molar-refractivity contribution in [3.05, 3.63) is 38.4 Å².